The van der Waals surface area contributed by atoms with Crippen molar-refractivity contribution in [1.82, 2.24) is 14.5 Å². The molecule has 102 valence electrons. The van der Waals surface area contributed by atoms with Gasteiger partial charge in [-0.15, -0.1) is 11.6 Å². The number of hydrogen-bond donors (Lipinski definition) is 0. The predicted molar refractivity (Wildman–Crippen MR) is 75.5 cm³/mol. The maximum Gasteiger partial charge on any atom is 0.160 e. The third-order valence-corrected chi connectivity index (χ3v) is 4.18. The van der Waals surface area contributed by atoms with Crippen LogP contribution >= 0.6 is 11.6 Å². The van der Waals surface area contributed by atoms with E-state index in [2.05, 4.69) is 21.5 Å². The van der Waals surface area contributed by atoms with Crippen LogP contribution in [0.3, 0.4) is 0 Å². The summed E-state index contributed by atoms with van der Waals surface area (Å²) in [6, 6.07) is 4.01. The lowest BCUT2D eigenvalue weighted by Gasteiger charge is -2.36. The number of nitrogens with zero attached hydrogens (tertiary/aromatic N) is 3. The van der Waals surface area contributed by atoms with Gasteiger partial charge in [0.2, 0.25) is 0 Å². The Morgan fingerprint density at radius 2 is 2.05 bits per heavy atom. The molecule has 2 aromatic heterocycles. The van der Waals surface area contributed by atoms with Crippen molar-refractivity contribution in [3.05, 3.63) is 23.7 Å². The third kappa shape index (κ3) is 2.13. The molecule has 4 nitrogen and oxygen atoms in total. The number of hydrogen-bond acceptors (Lipinski definition) is 3. The van der Waals surface area contributed by atoms with Crippen molar-refractivity contribution in [2.75, 3.05) is 13.2 Å². The number of fused-ring (bicyclic) bond motifs is 1. The van der Waals surface area contributed by atoms with E-state index in [0.717, 1.165) is 48.7 Å². The van der Waals surface area contributed by atoms with E-state index in [1.165, 1.54) is 0 Å². The number of pyridine rings is 1. The van der Waals surface area contributed by atoms with E-state index in [9.17, 15) is 0 Å². The minimum Gasteiger partial charge on any atom is -0.381 e. The highest BCUT2D eigenvalue weighted by atomic mass is 35.5. The minimum atomic E-state index is -0.00197. The van der Waals surface area contributed by atoms with E-state index in [1.807, 2.05) is 19.1 Å². The summed E-state index contributed by atoms with van der Waals surface area (Å²) in [6.07, 6.45) is 1.94. The average Bonchev–Trinajstić information content (AvgIpc) is 2.78. The molecule has 1 fully saturated rings. The normalized spacial score (nSPS) is 18.9. The molecule has 0 radical (unpaired) electrons. The lowest BCUT2D eigenvalue weighted by molar-refractivity contribution is 0.0300. The molecule has 0 aromatic carbocycles. The van der Waals surface area contributed by atoms with Crippen LogP contribution in [0.1, 0.15) is 31.3 Å². The van der Waals surface area contributed by atoms with Gasteiger partial charge in [0, 0.05) is 24.4 Å². The van der Waals surface area contributed by atoms with Crippen LogP contribution in [0.15, 0.2) is 12.1 Å². The molecule has 1 aliphatic heterocycles. The minimum absolute atomic E-state index is 0.00197. The molecular weight excluding hydrogens is 262 g/mol. The summed E-state index contributed by atoms with van der Waals surface area (Å²) in [7, 11) is 0. The average molecular weight is 280 g/mol. The van der Waals surface area contributed by atoms with Crippen molar-refractivity contribution < 1.29 is 4.74 Å². The van der Waals surface area contributed by atoms with E-state index >= 15 is 0 Å². The van der Waals surface area contributed by atoms with Gasteiger partial charge >= 0.3 is 0 Å². The van der Waals surface area contributed by atoms with E-state index in [-0.39, 0.29) is 5.54 Å². The maximum atomic E-state index is 6.08. The molecule has 19 heavy (non-hydrogen) atoms. The second kappa shape index (κ2) is 4.76. The van der Waals surface area contributed by atoms with Crippen molar-refractivity contribution in [1.29, 1.82) is 0 Å². The standard InChI is InChI=1S/C14H18ClN3O/c1-10-3-4-11-13(16-10)18(12(9-15)17-11)14(2)5-7-19-8-6-14/h3-4H,5-9H2,1-2H3. The van der Waals surface area contributed by atoms with E-state index in [0.29, 0.717) is 5.88 Å². The first-order valence-electron chi connectivity index (χ1n) is 6.63. The molecule has 3 heterocycles. The number of ether oxygens (including phenoxy) is 1. The van der Waals surface area contributed by atoms with E-state index < -0.39 is 0 Å². The first-order valence-corrected chi connectivity index (χ1v) is 7.17. The monoisotopic (exact) mass is 279 g/mol. The van der Waals surface area contributed by atoms with Gasteiger partial charge in [-0.2, -0.15) is 0 Å². The Kier molecular flexibility index (Phi) is 3.23. The molecule has 3 rings (SSSR count). The summed E-state index contributed by atoms with van der Waals surface area (Å²) >= 11 is 6.08. The van der Waals surface area contributed by atoms with Crippen LogP contribution in [0.25, 0.3) is 11.2 Å². The van der Waals surface area contributed by atoms with Gasteiger partial charge < -0.3 is 9.30 Å². The summed E-state index contributed by atoms with van der Waals surface area (Å²) in [4.78, 5) is 9.29. The fraction of sp³-hybridized carbons (Fsp3) is 0.571. The Hall–Kier alpha value is -1.13. The van der Waals surface area contributed by atoms with Crippen molar-refractivity contribution in [3.8, 4) is 0 Å². The number of rotatable bonds is 2. The molecular formula is C14H18ClN3O. The van der Waals surface area contributed by atoms with E-state index in [4.69, 9.17) is 16.3 Å². The summed E-state index contributed by atoms with van der Waals surface area (Å²) < 4.78 is 7.71. The van der Waals surface area contributed by atoms with Crippen molar-refractivity contribution in [2.24, 2.45) is 0 Å². The molecule has 0 aliphatic carbocycles. The highest BCUT2D eigenvalue weighted by molar-refractivity contribution is 6.16. The van der Waals surface area contributed by atoms with Crippen molar-refractivity contribution in [2.45, 2.75) is 38.1 Å². The lowest BCUT2D eigenvalue weighted by Crippen LogP contribution is -2.37. The Morgan fingerprint density at radius 3 is 2.74 bits per heavy atom. The van der Waals surface area contributed by atoms with Crippen LogP contribution < -0.4 is 0 Å². The quantitative estimate of drug-likeness (QED) is 0.794. The second-order valence-electron chi connectivity index (χ2n) is 5.40. The molecule has 0 saturated carbocycles. The first-order chi connectivity index (χ1) is 9.14. The number of alkyl halides is 1. The number of imidazole rings is 1. The molecule has 1 saturated heterocycles. The topological polar surface area (TPSA) is 39.9 Å². The molecule has 0 bridgehead atoms. The fourth-order valence-electron chi connectivity index (χ4n) is 2.79. The van der Waals surface area contributed by atoms with Crippen molar-refractivity contribution in [3.63, 3.8) is 0 Å². The van der Waals surface area contributed by atoms with Gasteiger partial charge in [0.25, 0.3) is 0 Å². The molecule has 0 amide bonds. The van der Waals surface area contributed by atoms with Crippen LogP contribution in [-0.4, -0.2) is 27.7 Å². The Labute approximate surface area is 117 Å². The predicted octanol–water partition coefficient (Wildman–Crippen LogP) is 3.00. The smallest absolute Gasteiger partial charge is 0.160 e. The van der Waals surface area contributed by atoms with Gasteiger partial charge in [-0.1, -0.05) is 0 Å². The zero-order valence-electron chi connectivity index (χ0n) is 11.3. The lowest BCUT2D eigenvalue weighted by atomic mass is 9.92. The fourth-order valence-corrected chi connectivity index (χ4v) is 2.97. The van der Waals surface area contributed by atoms with Gasteiger partial charge in [0.05, 0.1) is 5.88 Å². The summed E-state index contributed by atoms with van der Waals surface area (Å²) in [5, 5.41) is 0. The molecule has 0 atom stereocenters. The molecule has 0 spiro atoms. The Morgan fingerprint density at radius 1 is 1.32 bits per heavy atom. The highest BCUT2D eigenvalue weighted by Gasteiger charge is 2.33. The van der Waals surface area contributed by atoms with Crippen LogP contribution in [0.4, 0.5) is 0 Å². The Bertz CT molecular complexity index is 602. The third-order valence-electron chi connectivity index (χ3n) is 3.94. The zero-order chi connectivity index (χ0) is 13.5. The Balaban J connectivity index is 2.22. The molecule has 2 aromatic rings. The van der Waals surface area contributed by atoms with Crippen LogP contribution in [-0.2, 0) is 16.2 Å². The van der Waals surface area contributed by atoms with Gasteiger partial charge in [0.1, 0.15) is 11.3 Å². The van der Waals surface area contributed by atoms with Crippen molar-refractivity contribution >= 4 is 22.8 Å². The largest absolute Gasteiger partial charge is 0.381 e. The van der Waals surface area contributed by atoms with Gasteiger partial charge in [-0.05, 0) is 38.8 Å². The SMILES string of the molecule is Cc1ccc2nc(CCl)n(C3(C)CCOCC3)c2n1. The van der Waals surface area contributed by atoms with E-state index in [1.54, 1.807) is 0 Å². The molecule has 0 N–H and O–H groups in total. The number of aryl methyl sites for hydroxylation is 1. The van der Waals surface area contributed by atoms with Crippen LogP contribution in [0.2, 0.25) is 0 Å². The molecule has 0 unspecified atom stereocenters. The number of aromatic nitrogens is 3. The number of halogens is 1. The molecule has 5 heteroatoms. The second-order valence-corrected chi connectivity index (χ2v) is 5.67. The van der Waals surface area contributed by atoms with Crippen LogP contribution in [0, 0.1) is 6.92 Å². The van der Waals surface area contributed by atoms with Gasteiger partial charge in [-0.25, -0.2) is 9.97 Å². The van der Waals surface area contributed by atoms with Gasteiger partial charge in [0.15, 0.2) is 5.65 Å². The maximum absolute atomic E-state index is 6.08. The first kappa shape index (κ1) is 12.9. The highest BCUT2D eigenvalue weighted by Crippen LogP contribution is 2.33. The molecule has 1 aliphatic rings. The summed E-state index contributed by atoms with van der Waals surface area (Å²) in [6.45, 7) is 5.81. The summed E-state index contributed by atoms with van der Waals surface area (Å²) in [5.74, 6) is 1.31. The van der Waals surface area contributed by atoms with Gasteiger partial charge in [-0.3, -0.25) is 0 Å². The zero-order valence-corrected chi connectivity index (χ0v) is 12.1. The van der Waals surface area contributed by atoms with Crippen LogP contribution in [0.5, 0.6) is 0 Å². The summed E-state index contributed by atoms with van der Waals surface area (Å²) in [5.41, 5.74) is 2.87.